The molecule has 2 amide bonds. The van der Waals surface area contributed by atoms with Crippen LogP contribution in [0.4, 0.5) is 0 Å². The maximum Gasteiger partial charge on any atom is 0.240 e. The molecule has 0 spiro atoms. The van der Waals surface area contributed by atoms with E-state index in [0.29, 0.717) is 12.8 Å². The molecule has 0 N–H and O–H groups in total. The molecule has 0 atom stereocenters. The highest BCUT2D eigenvalue weighted by Crippen LogP contribution is 2.32. The molecule has 1 aliphatic heterocycles. The van der Waals surface area contributed by atoms with E-state index in [2.05, 4.69) is 26.0 Å². The molecule has 3 nitrogen and oxygen atoms in total. The summed E-state index contributed by atoms with van der Waals surface area (Å²) in [6, 6.07) is 0. The standard InChI is InChI=1S/C13H15NO2S/c1-9(2)10-3-5-11(6-4-10)17-14-12(15)7-8-13(14)16/h3,5-6H,4,7-8H2,1-2H3. The molecular formula is C13H15NO2S. The number of hydrogen-bond acceptors (Lipinski definition) is 3. The lowest BCUT2D eigenvalue weighted by molar-refractivity contribution is -0.131. The zero-order chi connectivity index (χ0) is 12.4. The number of carbonyl (C=O) groups is 2. The number of rotatable bonds is 2. The smallest absolute Gasteiger partial charge is 0.240 e. The first kappa shape index (κ1) is 12.2. The fraction of sp³-hybridized carbons (Fsp3) is 0.385. The molecule has 4 heteroatoms. The van der Waals surface area contributed by atoms with Crippen LogP contribution in [0.3, 0.4) is 0 Å². The Bertz CT molecular complexity index is 440. The lowest BCUT2D eigenvalue weighted by Crippen LogP contribution is -2.21. The maximum atomic E-state index is 11.5. The molecule has 0 radical (unpaired) electrons. The second-order valence-corrected chi connectivity index (χ2v) is 5.36. The van der Waals surface area contributed by atoms with Crippen molar-refractivity contribution in [3.8, 4) is 0 Å². The summed E-state index contributed by atoms with van der Waals surface area (Å²) in [4.78, 5) is 23.9. The number of amides is 2. The van der Waals surface area contributed by atoms with Crippen LogP contribution in [0.15, 0.2) is 34.3 Å². The topological polar surface area (TPSA) is 37.4 Å². The predicted molar refractivity (Wildman–Crippen MR) is 68.9 cm³/mol. The van der Waals surface area contributed by atoms with Crippen molar-refractivity contribution in [3.63, 3.8) is 0 Å². The number of hydrogen-bond donors (Lipinski definition) is 0. The van der Waals surface area contributed by atoms with E-state index in [4.69, 9.17) is 0 Å². The van der Waals surface area contributed by atoms with Gasteiger partial charge in [0.15, 0.2) is 0 Å². The Morgan fingerprint density at radius 1 is 1.18 bits per heavy atom. The summed E-state index contributed by atoms with van der Waals surface area (Å²) in [6.07, 6.45) is 7.66. The summed E-state index contributed by atoms with van der Waals surface area (Å²) in [6.45, 7) is 4.17. The Hall–Kier alpha value is -1.29. The monoisotopic (exact) mass is 249 g/mol. The Balaban J connectivity index is 2.03. The highest BCUT2D eigenvalue weighted by Gasteiger charge is 2.30. The van der Waals surface area contributed by atoms with Gasteiger partial charge in [-0.05, 0) is 43.9 Å². The van der Waals surface area contributed by atoms with Crippen LogP contribution < -0.4 is 0 Å². The van der Waals surface area contributed by atoms with Gasteiger partial charge in [0.25, 0.3) is 0 Å². The molecule has 0 aromatic heterocycles. The minimum absolute atomic E-state index is 0.0812. The van der Waals surface area contributed by atoms with Crippen molar-refractivity contribution in [2.45, 2.75) is 33.1 Å². The van der Waals surface area contributed by atoms with Gasteiger partial charge in [0.1, 0.15) is 0 Å². The van der Waals surface area contributed by atoms with Crippen LogP contribution in [0.1, 0.15) is 33.1 Å². The van der Waals surface area contributed by atoms with E-state index in [1.807, 2.05) is 6.08 Å². The van der Waals surface area contributed by atoms with Gasteiger partial charge in [0.05, 0.1) is 0 Å². The maximum absolute atomic E-state index is 11.5. The summed E-state index contributed by atoms with van der Waals surface area (Å²) in [5.74, 6) is -0.162. The number of nitrogens with zero attached hydrogens (tertiary/aromatic N) is 1. The highest BCUT2D eigenvalue weighted by molar-refractivity contribution is 8.02. The third-order valence-corrected chi connectivity index (χ3v) is 3.92. The van der Waals surface area contributed by atoms with E-state index < -0.39 is 0 Å². The number of imide groups is 1. The van der Waals surface area contributed by atoms with Crippen molar-refractivity contribution in [2.75, 3.05) is 0 Å². The third-order valence-electron chi connectivity index (χ3n) is 2.82. The first-order valence-corrected chi connectivity index (χ1v) is 6.43. The van der Waals surface area contributed by atoms with E-state index in [9.17, 15) is 9.59 Å². The molecule has 0 saturated carbocycles. The fourth-order valence-electron chi connectivity index (χ4n) is 1.73. The van der Waals surface area contributed by atoms with Gasteiger partial charge in [-0.3, -0.25) is 9.59 Å². The molecule has 90 valence electrons. The second kappa shape index (κ2) is 4.92. The van der Waals surface area contributed by atoms with Crippen LogP contribution in [-0.4, -0.2) is 16.1 Å². The zero-order valence-electron chi connectivity index (χ0n) is 10.0. The molecule has 0 aromatic carbocycles. The molecule has 1 fully saturated rings. The van der Waals surface area contributed by atoms with E-state index in [-0.39, 0.29) is 11.8 Å². The Morgan fingerprint density at radius 3 is 2.29 bits per heavy atom. The Kier molecular flexibility index (Phi) is 3.52. The van der Waals surface area contributed by atoms with E-state index >= 15 is 0 Å². The van der Waals surface area contributed by atoms with Gasteiger partial charge in [-0.2, -0.15) is 0 Å². The van der Waals surface area contributed by atoms with Crippen LogP contribution in [0, 0.1) is 0 Å². The molecule has 0 aromatic rings. The van der Waals surface area contributed by atoms with Gasteiger partial charge >= 0.3 is 0 Å². The van der Waals surface area contributed by atoms with Crippen LogP contribution in [-0.2, 0) is 9.59 Å². The molecule has 1 aliphatic carbocycles. The fourth-order valence-corrected chi connectivity index (χ4v) is 2.61. The summed E-state index contributed by atoms with van der Waals surface area (Å²) in [7, 11) is 0. The lowest BCUT2D eigenvalue weighted by Gasteiger charge is -2.15. The van der Waals surface area contributed by atoms with Crippen LogP contribution >= 0.6 is 11.9 Å². The average Bonchev–Trinajstić information content (AvgIpc) is 2.61. The van der Waals surface area contributed by atoms with Crippen molar-refractivity contribution in [2.24, 2.45) is 0 Å². The molecular weight excluding hydrogens is 234 g/mol. The molecule has 2 aliphatic rings. The first-order valence-electron chi connectivity index (χ1n) is 5.66. The van der Waals surface area contributed by atoms with Gasteiger partial charge in [-0.25, -0.2) is 4.31 Å². The van der Waals surface area contributed by atoms with Crippen LogP contribution in [0.2, 0.25) is 0 Å². The summed E-state index contributed by atoms with van der Waals surface area (Å²) in [5.41, 5.74) is 2.60. The van der Waals surface area contributed by atoms with Gasteiger partial charge in [-0.15, -0.1) is 0 Å². The molecule has 0 unspecified atom stereocenters. The van der Waals surface area contributed by atoms with E-state index in [1.165, 1.54) is 27.4 Å². The van der Waals surface area contributed by atoms with Gasteiger partial charge in [0.2, 0.25) is 11.8 Å². The molecule has 2 rings (SSSR count). The number of carbonyl (C=O) groups excluding carboxylic acids is 2. The molecule has 1 heterocycles. The number of allylic oxidation sites excluding steroid dienone is 5. The summed E-state index contributed by atoms with van der Waals surface area (Å²) >= 11 is 1.24. The molecule has 1 saturated heterocycles. The van der Waals surface area contributed by atoms with Crippen LogP contribution in [0.5, 0.6) is 0 Å². The largest absolute Gasteiger partial charge is 0.273 e. The molecule has 0 bridgehead atoms. The minimum atomic E-state index is -0.0812. The predicted octanol–water partition coefficient (Wildman–Crippen LogP) is 2.96. The van der Waals surface area contributed by atoms with E-state index in [1.54, 1.807) is 0 Å². The van der Waals surface area contributed by atoms with Gasteiger partial charge in [-0.1, -0.05) is 17.7 Å². The minimum Gasteiger partial charge on any atom is -0.273 e. The zero-order valence-corrected chi connectivity index (χ0v) is 10.8. The quantitative estimate of drug-likeness (QED) is 0.557. The van der Waals surface area contributed by atoms with Gasteiger partial charge < -0.3 is 0 Å². The Morgan fingerprint density at radius 2 is 1.82 bits per heavy atom. The lowest BCUT2D eigenvalue weighted by atomic mass is 10.0. The van der Waals surface area contributed by atoms with Crippen molar-refractivity contribution >= 4 is 23.8 Å². The highest BCUT2D eigenvalue weighted by atomic mass is 32.2. The second-order valence-electron chi connectivity index (χ2n) is 4.34. The SMILES string of the molecule is CC(C)=C1C=CC(SN2C(=O)CCC2=O)=CC1. The average molecular weight is 249 g/mol. The van der Waals surface area contributed by atoms with Crippen molar-refractivity contribution < 1.29 is 9.59 Å². The Labute approximate surface area is 105 Å². The van der Waals surface area contributed by atoms with Gasteiger partial charge in [0, 0.05) is 17.7 Å². The molecule has 17 heavy (non-hydrogen) atoms. The van der Waals surface area contributed by atoms with E-state index in [0.717, 1.165) is 11.3 Å². The van der Waals surface area contributed by atoms with Crippen molar-refractivity contribution in [1.29, 1.82) is 0 Å². The van der Waals surface area contributed by atoms with Crippen molar-refractivity contribution in [1.82, 2.24) is 4.31 Å². The van der Waals surface area contributed by atoms with Crippen LogP contribution in [0.25, 0.3) is 0 Å². The van der Waals surface area contributed by atoms with Crippen molar-refractivity contribution in [3.05, 3.63) is 34.3 Å². The first-order chi connectivity index (χ1) is 8.08. The third kappa shape index (κ3) is 2.69. The summed E-state index contributed by atoms with van der Waals surface area (Å²) < 4.78 is 1.28. The summed E-state index contributed by atoms with van der Waals surface area (Å²) in [5, 5.41) is 0. The normalized spacial score (nSPS) is 20.0.